The smallest absolute Gasteiger partial charge is 0.124 e. The van der Waals surface area contributed by atoms with E-state index >= 15 is 0 Å². The van der Waals surface area contributed by atoms with E-state index in [1.54, 1.807) is 11.3 Å². The molecule has 0 saturated carbocycles. The van der Waals surface area contributed by atoms with Gasteiger partial charge in [-0.1, -0.05) is 121 Å². The average molecular weight is 661 g/mol. The monoisotopic (exact) mass is 660 g/mol. The summed E-state index contributed by atoms with van der Waals surface area (Å²) in [7, 11) is 0. The largest absolute Gasteiger partial charge is 0.310 e. The number of aromatic nitrogens is 1. The van der Waals surface area contributed by atoms with Gasteiger partial charge in [0.1, 0.15) is 5.01 Å². The minimum atomic E-state index is 1.04. The van der Waals surface area contributed by atoms with E-state index in [0.29, 0.717) is 0 Å². The van der Waals surface area contributed by atoms with Crippen LogP contribution in [0, 0.1) is 0 Å². The van der Waals surface area contributed by atoms with Crippen molar-refractivity contribution in [3.63, 3.8) is 0 Å². The van der Waals surface area contributed by atoms with Crippen LogP contribution in [0.4, 0.5) is 17.1 Å². The number of rotatable bonds is 5. The lowest BCUT2D eigenvalue weighted by atomic mass is 10.00. The molecule has 0 atom stereocenters. The first-order chi connectivity index (χ1) is 24.3. The van der Waals surface area contributed by atoms with E-state index in [4.69, 9.17) is 4.98 Å². The van der Waals surface area contributed by atoms with E-state index in [2.05, 4.69) is 175 Å². The van der Waals surface area contributed by atoms with Crippen LogP contribution in [0.3, 0.4) is 0 Å². The van der Waals surface area contributed by atoms with Crippen LogP contribution in [0.5, 0.6) is 0 Å². The van der Waals surface area contributed by atoms with Gasteiger partial charge in [-0.15, -0.1) is 22.7 Å². The molecule has 0 saturated heterocycles. The van der Waals surface area contributed by atoms with Gasteiger partial charge in [-0.2, -0.15) is 0 Å². The van der Waals surface area contributed by atoms with E-state index in [-0.39, 0.29) is 0 Å². The fourth-order valence-corrected chi connectivity index (χ4v) is 9.32. The molecule has 4 heteroatoms. The highest BCUT2D eigenvalue weighted by Crippen LogP contribution is 2.47. The van der Waals surface area contributed by atoms with Crippen LogP contribution in [0.15, 0.2) is 170 Å². The molecule has 230 valence electrons. The predicted octanol–water partition coefficient (Wildman–Crippen LogP) is 13.8. The van der Waals surface area contributed by atoms with Crippen molar-refractivity contribution in [2.24, 2.45) is 0 Å². The number of fused-ring (bicyclic) bond motifs is 7. The van der Waals surface area contributed by atoms with Gasteiger partial charge in [0, 0.05) is 37.1 Å². The lowest BCUT2D eigenvalue weighted by Gasteiger charge is -2.27. The van der Waals surface area contributed by atoms with Crippen molar-refractivity contribution in [3.05, 3.63) is 170 Å². The first kappa shape index (κ1) is 28.2. The summed E-state index contributed by atoms with van der Waals surface area (Å²) in [6, 6.07) is 61.5. The van der Waals surface area contributed by atoms with Gasteiger partial charge in [-0.25, -0.2) is 4.98 Å². The zero-order chi connectivity index (χ0) is 32.3. The zero-order valence-corrected chi connectivity index (χ0v) is 28.0. The molecule has 2 nitrogen and oxygen atoms in total. The summed E-state index contributed by atoms with van der Waals surface area (Å²) in [4.78, 5) is 7.56. The van der Waals surface area contributed by atoms with Gasteiger partial charge in [0.2, 0.25) is 0 Å². The number of anilines is 3. The van der Waals surface area contributed by atoms with E-state index in [1.807, 2.05) is 11.3 Å². The zero-order valence-electron chi connectivity index (χ0n) is 26.4. The van der Waals surface area contributed by atoms with Crippen molar-refractivity contribution in [1.82, 2.24) is 4.98 Å². The summed E-state index contributed by atoms with van der Waals surface area (Å²) in [5.41, 5.74) is 8.03. The first-order valence-electron chi connectivity index (χ1n) is 16.5. The Morgan fingerprint density at radius 2 is 1.08 bits per heavy atom. The Bertz CT molecular complexity index is 2820. The molecule has 0 N–H and O–H groups in total. The second kappa shape index (κ2) is 11.4. The third-order valence-corrected chi connectivity index (χ3v) is 11.7. The molecule has 0 aliphatic rings. The van der Waals surface area contributed by atoms with Gasteiger partial charge in [0.15, 0.2) is 0 Å². The fourth-order valence-electron chi connectivity index (χ4n) is 7.11. The van der Waals surface area contributed by atoms with Gasteiger partial charge in [0.25, 0.3) is 0 Å². The van der Waals surface area contributed by atoms with Gasteiger partial charge >= 0.3 is 0 Å². The van der Waals surface area contributed by atoms with E-state index in [0.717, 1.165) is 33.1 Å². The molecule has 0 aliphatic carbocycles. The van der Waals surface area contributed by atoms with Crippen molar-refractivity contribution in [2.75, 3.05) is 4.90 Å². The SMILES string of the molecule is c1ccc(-c2ccc(N(c3ccc4ccc5ccccc5c4c3)c3cccc4sc5cc6sc(-c7ccccc7)nc6cc5c34)cc2)cc1. The number of thiophene rings is 1. The molecule has 0 bridgehead atoms. The quantitative estimate of drug-likeness (QED) is 0.171. The van der Waals surface area contributed by atoms with Crippen LogP contribution < -0.4 is 4.90 Å². The summed E-state index contributed by atoms with van der Waals surface area (Å²) in [5.74, 6) is 0. The minimum Gasteiger partial charge on any atom is -0.310 e. The molecule has 2 heterocycles. The van der Waals surface area contributed by atoms with Crippen molar-refractivity contribution < 1.29 is 0 Å². The van der Waals surface area contributed by atoms with E-state index < -0.39 is 0 Å². The normalized spacial score (nSPS) is 11.7. The Morgan fingerprint density at radius 1 is 0.408 bits per heavy atom. The summed E-state index contributed by atoms with van der Waals surface area (Å²) >= 11 is 3.63. The third-order valence-electron chi connectivity index (χ3n) is 9.47. The second-order valence-electron chi connectivity index (χ2n) is 12.4. The van der Waals surface area contributed by atoms with Gasteiger partial charge in [-0.05, 0) is 81.2 Å². The van der Waals surface area contributed by atoms with E-state index in [9.17, 15) is 0 Å². The first-order valence-corrected chi connectivity index (χ1v) is 18.1. The van der Waals surface area contributed by atoms with Crippen LogP contribution in [-0.2, 0) is 0 Å². The predicted molar refractivity (Wildman–Crippen MR) is 213 cm³/mol. The molecule has 8 aromatic carbocycles. The Balaban J connectivity index is 1.21. The van der Waals surface area contributed by atoms with Crippen molar-refractivity contribution in [3.8, 4) is 21.7 Å². The molecule has 49 heavy (non-hydrogen) atoms. The fraction of sp³-hybridized carbons (Fsp3) is 0. The Hall–Kier alpha value is -5.81. The lowest BCUT2D eigenvalue weighted by Crippen LogP contribution is -2.10. The average Bonchev–Trinajstić information content (AvgIpc) is 3.76. The lowest BCUT2D eigenvalue weighted by molar-refractivity contribution is 1.31. The molecule has 0 unspecified atom stereocenters. The summed E-state index contributed by atoms with van der Waals surface area (Å²) in [6.45, 7) is 0. The van der Waals surface area contributed by atoms with Gasteiger partial charge in [0.05, 0.1) is 15.9 Å². The second-order valence-corrected chi connectivity index (χ2v) is 14.5. The number of nitrogens with zero attached hydrogens (tertiary/aromatic N) is 2. The standard InChI is InChI=1S/C45H28N2S2/c1-3-10-29(11-4-1)30-20-23-34(24-21-30)47(35-25-22-32-19-18-31-12-7-8-15-36(31)37(32)26-35)40-16-9-17-41-44(40)38-27-39-43(28-42(38)48-41)49-45(46-39)33-13-5-2-6-14-33/h1-28H. The molecule has 0 fully saturated rings. The highest BCUT2D eigenvalue weighted by molar-refractivity contribution is 7.26. The van der Waals surface area contributed by atoms with Crippen molar-refractivity contribution in [1.29, 1.82) is 0 Å². The molecular weight excluding hydrogens is 633 g/mol. The molecular formula is C45H28N2S2. The van der Waals surface area contributed by atoms with Crippen LogP contribution >= 0.6 is 22.7 Å². The highest BCUT2D eigenvalue weighted by Gasteiger charge is 2.20. The van der Waals surface area contributed by atoms with Crippen LogP contribution in [0.2, 0.25) is 0 Å². The maximum absolute atomic E-state index is 5.12. The van der Waals surface area contributed by atoms with Crippen molar-refractivity contribution in [2.45, 2.75) is 0 Å². The molecule has 0 aliphatic heterocycles. The topological polar surface area (TPSA) is 16.1 Å². The Morgan fingerprint density at radius 3 is 1.90 bits per heavy atom. The van der Waals surface area contributed by atoms with Gasteiger partial charge in [-0.3, -0.25) is 0 Å². The molecule has 0 radical (unpaired) electrons. The number of hydrogen-bond donors (Lipinski definition) is 0. The number of thiazole rings is 1. The Labute approximate surface area is 291 Å². The molecule has 0 spiro atoms. The molecule has 0 amide bonds. The van der Waals surface area contributed by atoms with Crippen LogP contribution in [0.25, 0.3) is 73.6 Å². The third kappa shape index (κ3) is 4.80. The summed E-state index contributed by atoms with van der Waals surface area (Å²) in [5, 5.41) is 8.55. The molecule has 10 rings (SSSR count). The minimum absolute atomic E-state index is 1.04. The number of hydrogen-bond acceptors (Lipinski definition) is 4. The van der Waals surface area contributed by atoms with Crippen LogP contribution in [0.1, 0.15) is 0 Å². The van der Waals surface area contributed by atoms with E-state index in [1.165, 1.54) is 57.5 Å². The van der Waals surface area contributed by atoms with Gasteiger partial charge < -0.3 is 4.90 Å². The maximum Gasteiger partial charge on any atom is 0.124 e. The van der Waals surface area contributed by atoms with Crippen LogP contribution in [-0.4, -0.2) is 4.98 Å². The highest BCUT2D eigenvalue weighted by atomic mass is 32.1. The molecule has 2 aromatic heterocycles. The summed E-state index contributed by atoms with van der Waals surface area (Å²) < 4.78 is 3.77. The maximum atomic E-state index is 5.12. The summed E-state index contributed by atoms with van der Waals surface area (Å²) in [6.07, 6.45) is 0. The van der Waals surface area contributed by atoms with Crippen molar-refractivity contribution >= 4 is 91.7 Å². The number of benzene rings is 8. The molecule has 10 aromatic rings. The Kier molecular flexibility index (Phi) is 6.57.